The molecule has 0 bridgehead atoms. The number of nitrogens with zero attached hydrogens (tertiary/aromatic N) is 1. The van der Waals surface area contributed by atoms with Gasteiger partial charge in [0, 0.05) is 13.5 Å². The van der Waals surface area contributed by atoms with Gasteiger partial charge in [-0.25, -0.2) is 0 Å². The van der Waals surface area contributed by atoms with Gasteiger partial charge in [0.05, 0.1) is 17.6 Å². The molecule has 0 radical (unpaired) electrons. The highest BCUT2D eigenvalue weighted by Gasteiger charge is 2.39. The van der Waals surface area contributed by atoms with E-state index in [-0.39, 0.29) is 18.9 Å². The van der Waals surface area contributed by atoms with Crippen LogP contribution < -0.4 is 0 Å². The van der Waals surface area contributed by atoms with E-state index in [4.69, 9.17) is 0 Å². The zero-order chi connectivity index (χ0) is 14.6. The van der Waals surface area contributed by atoms with Gasteiger partial charge in [-0.2, -0.15) is 0 Å². The fourth-order valence-corrected chi connectivity index (χ4v) is 1.73. The number of amides is 1. The zero-order valence-electron chi connectivity index (χ0n) is 12.0. The fourth-order valence-electron chi connectivity index (χ4n) is 1.73. The van der Waals surface area contributed by atoms with Gasteiger partial charge >= 0.3 is 5.97 Å². The molecule has 0 aromatic rings. The van der Waals surface area contributed by atoms with Gasteiger partial charge in [0.2, 0.25) is 5.91 Å². The molecule has 0 heterocycles. The predicted molar refractivity (Wildman–Crippen MR) is 69.2 cm³/mol. The lowest BCUT2D eigenvalue weighted by atomic mass is 9.78. The first-order chi connectivity index (χ1) is 8.16. The van der Waals surface area contributed by atoms with Gasteiger partial charge in [-0.05, 0) is 26.7 Å². The first-order valence-corrected chi connectivity index (χ1v) is 6.27. The normalized spacial score (nSPS) is 12.3. The lowest BCUT2D eigenvalue weighted by Crippen LogP contribution is -2.49. The van der Waals surface area contributed by atoms with Crippen LogP contribution in [0.15, 0.2) is 0 Å². The zero-order valence-corrected chi connectivity index (χ0v) is 12.0. The molecule has 18 heavy (non-hydrogen) atoms. The number of rotatable bonds is 7. The molecule has 106 valence electrons. The van der Waals surface area contributed by atoms with Crippen LogP contribution in [0.25, 0.3) is 0 Å². The molecule has 1 amide bonds. The molecule has 0 aromatic heterocycles. The summed E-state index contributed by atoms with van der Waals surface area (Å²) in [6.45, 7) is 6.88. The van der Waals surface area contributed by atoms with E-state index in [9.17, 15) is 19.8 Å². The predicted octanol–water partition coefficient (Wildman–Crippen LogP) is 1.50. The SMILES string of the molecule is CCC(CC)(CC(=O)N(C)C(C)(C)CO)C(=O)O. The lowest BCUT2D eigenvalue weighted by molar-refractivity contribution is -0.155. The van der Waals surface area contributed by atoms with Crippen molar-refractivity contribution in [3.8, 4) is 0 Å². The average Bonchev–Trinajstić information content (AvgIpc) is 2.34. The van der Waals surface area contributed by atoms with Gasteiger partial charge in [-0.1, -0.05) is 13.8 Å². The Morgan fingerprint density at radius 2 is 1.61 bits per heavy atom. The lowest BCUT2D eigenvalue weighted by Gasteiger charge is -2.36. The van der Waals surface area contributed by atoms with E-state index in [2.05, 4.69) is 0 Å². The van der Waals surface area contributed by atoms with Crippen LogP contribution in [0.5, 0.6) is 0 Å². The van der Waals surface area contributed by atoms with Crippen LogP contribution in [0.3, 0.4) is 0 Å². The molecule has 0 saturated heterocycles. The number of carbonyl (C=O) groups is 2. The van der Waals surface area contributed by atoms with Gasteiger partial charge in [-0.3, -0.25) is 9.59 Å². The van der Waals surface area contributed by atoms with E-state index >= 15 is 0 Å². The Bertz CT molecular complexity index is 308. The molecular formula is C13H25NO4. The molecule has 0 spiro atoms. The van der Waals surface area contributed by atoms with E-state index in [1.807, 2.05) is 0 Å². The van der Waals surface area contributed by atoms with Crippen molar-refractivity contribution in [1.29, 1.82) is 0 Å². The topological polar surface area (TPSA) is 77.8 Å². The number of aliphatic carboxylic acids is 1. The first-order valence-electron chi connectivity index (χ1n) is 6.27. The smallest absolute Gasteiger partial charge is 0.310 e. The third-order valence-electron chi connectivity index (χ3n) is 3.97. The van der Waals surface area contributed by atoms with Crippen molar-refractivity contribution in [3.63, 3.8) is 0 Å². The van der Waals surface area contributed by atoms with Crippen molar-refractivity contribution in [1.82, 2.24) is 4.90 Å². The summed E-state index contributed by atoms with van der Waals surface area (Å²) >= 11 is 0. The molecule has 0 aliphatic carbocycles. The summed E-state index contributed by atoms with van der Waals surface area (Å²) in [4.78, 5) is 24.9. The van der Waals surface area contributed by atoms with E-state index < -0.39 is 16.9 Å². The van der Waals surface area contributed by atoms with Crippen LogP contribution in [-0.2, 0) is 9.59 Å². The molecule has 0 fully saturated rings. The molecule has 5 heteroatoms. The maximum Gasteiger partial charge on any atom is 0.310 e. The molecule has 0 rings (SSSR count). The van der Waals surface area contributed by atoms with Crippen LogP contribution in [0.1, 0.15) is 47.0 Å². The van der Waals surface area contributed by atoms with Crippen molar-refractivity contribution in [2.75, 3.05) is 13.7 Å². The quantitative estimate of drug-likeness (QED) is 0.726. The number of hydrogen-bond donors (Lipinski definition) is 2. The highest BCUT2D eigenvalue weighted by atomic mass is 16.4. The minimum Gasteiger partial charge on any atom is -0.481 e. The molecule has 0 aliphatic rings. The van der Waals surface area contributed by atoms with Gasteiger partial charge in [0.25, 0.3) is 0 Å². The minimum absolute atomic E-state index is 0.0325. The fraction of sp³-hybridized carbons (Fsp3) is 0.846. The monoisotopic (exact) mass is 259 g/mol. The number of hydrogen-bond acceptors (Lipinski definition) is 3. The summed E-state index contributed by atoms with van der Waals surface area (Å²) in [5, 5.41) is 18.5. The van der Waals surface area contributed by atoms with Crippen LogP contribution >= 0.6 is 0 Å². The Balaban J connectivity index is 4.98. The summed E-state index contributed by atoms with van der Waals surface area (Å²) < 4.78 is 0. The van der Waals surface area contributed by atoms with Gasteiger partial charge < -0.3 is 15.1 Å². The maximum atomic E-state index is 12.1. The molecule has 0 aliphatic heterocycles. The van der Waals surface area contributed by atoms with Crippen molar-refractivity contribution in [2.45, 2.75) is 52.5 Å². The molecule has 0 unspecified atom stereocenters. The standard InChI is InChI=1S/C13H25NO4/c1-6-13(7-2,11(17)18)8-10(16)14(5)12(3,4)9-15/h15H,6-9H2,1-5H3,(H,17,18). The Morgan fingerprint density at radius 3 is 1.89 bits per heavy atom. The minimum atomic E-state index is -1.00. The van der Waals surface area contributed by atoms with Crippen molar-refractivity contribution < 1.29 is 19.8 Å². The summed E-state index contributed by atoms with van der Waals surface area (Å²) in [7, 11) is 1.59. The van der Waals surface area contributed by atoms with E-state index in [0.717, 1.165) is 0 Å². The summed E-state index contributed by atoms with van der Waals surface area (Å²) in [5.74, 6) is -1.18. The van der Waals surface area contributed by atoms with Crippen LogP contribution in [-0.4, -0.2) is 46.2 Å². The Morgan fingerprint density at radius 1 is 1.17 bits per heavy atom. The Kier molecular flexibility index (Phi) is 5.80. The largest absolute Gasteiger partial charge is 0.481 e. The first kappa shape index (κ1) is 16.9. The van der Waals surface area contributed by atoms with Gasteiger partial charge in [0.1, 0.15) is 0 Å². The van der Waals surface area contributed by atoms with Gasteiger partial charge in [0.15, 0.2) is 0 Å². The molecule has 2 N–H and O–H groups in total. The van der Waals surface area contributed by atoms with Crippen molar-refractivity contribution >= 4 is 11.9 Å². The summed E-state index contributed by atoms with van der Waals surface area (Å²) in [6, 6.07) is 0. The second-order valence-corrected chi connectivity index (χ2v) is 5.39. The number of aliphatic hydroxyl groups is 1. The molecule has 0 atom stereocenters. The molecule has 0 saturated carbocycles. The number of carboxylic acids is 1. The number of carbonyl (C=O) groups excluding carboxylic acids is 1. The third-order valence-corrected chi connectivity index (χ3v) is 3.97. The highest BCUT2D eigenvalue weighted by molar-refractivity contribution is 5.85. The molecular weight excluding hydrogens is 234 g/mol. The summed E-state index contributed by atoms with van der Waals surface area (Å²) in [5.41, 5.74) is -1.68. The van der Waals surface area contributed by atoms with Gasteiger partial charge in [-0.15, -0.1) is 0 Å². The number of carboxylic acid groups (broad SMARTS) is 1. The van der Waals surface area contributed by atoms with E-state index in [0.29, 0.717) is 12.8 Å². The van der Waals surface area contributed by atoms with Crippen LogP contribution in [0.4, 0.5) is 0 Å². The van der Waals surface area contributed by atoms with E-state index in [1.165, 1.54) is 4.90 Å². The van der Waals surface area contributed by atoms with E-state index in [1.54, 1.807) is 34.7 Å². The Labute approximate surface area is 109 Å². The highest BCUT2D eigenvalue weighted by Crippen LogP contribution is 2.32. The number of aliphatic hydroxyl groups excluding tert-OH is 1. The van der Waals surface area contributed by atoms with Crippen LogP contribution in [0, 0.1) is 5.41 Å². The third kappa shape index (κ3) is 3.45. The molecule has 5 nitrogen and oxygen atoms in total. The second-order valence-electron chi connectivity index (χ2n) is 5.39. The summed E-state index contributed by atoms with van der Waals surface area (Å²) in [6.07, 6.45) is 0.797. The Hall–Kier alpha value is -1.10. The van der Waals surface area contributed by atoms with Crippen molar-refractivity contribution in [3.05, 3.63) is 0 Å². The number of likely N-dealkylation sites (N-methyl/N-ethyl adjacent to an activating group) is 1. The molecule has 0 aromatic carbocycles. The second kappa shape index (κ2) is 6.18. The van der Waals surface area contributed by atoms with Crippen LogP contribution in [0.2, 0.25) is 0 Å². The van der Waals surface area contributed by atoms with Crippen molar-refractivity contribution in [2.24, 2.45) is 5.41 Å². The maximum absolute atomic E-state index is 12.1. The average molecular weight is 259 g/mol.